The van der Waals surface area contributed by atoms with Gasteiger partial charge in [0.1, 0.15) is 0 Å². The monoisotopic (exact) mass is 434 g/mol. The summed E-state index contributed by atoms with van der Waals surface area (Å²) in [7, 11) is 1.42. The number of Topliss-reactive ketones (excluding diaryl/α,β-unsaturated/α-hetero) is 1. The minimum Gasteiger partial charge on any atom is -0.469 e. The zero-order chi connectivity index (χ0) is 25.9. The molecule has 1 N–H and O–H groups in total. The molecule has 4 nitrogen and oxygen atoms in total. The van der Waals surface area contributed by atoms with Crippen molar-refractivity contribution in [1.29, 1.82) is 0 Å². The highest BCUT2D eigenvalue weighted by atomic mass is 16.5. The van der Waals surface area contributed by atoms with E-state index < -0.39 is 19.0 Å². The average molecular weight is 435 g/mol. The van der Waals surface area contributed by atoms with Gasteiger partial charge in [-0.3, -0.25) is 9.59 Å². The van der Waals surface area contributed by atoms with Crippen molar-refractivity contribution in [2.75, 3.05) is 7.11 Å². The van der Waals surface area contributed by atoms with Crippen molar-refractivity contribution in [3.63, 3.8) is 0 Å². The third-order valence-electron chi connectivity index (χ3n) is 10.3. The van der Waals surface area contributed by atoms with Crippen LogP contribution in [-0.4, -0.2) is 30.1 Å². The van der Waals surface area contributed by atoms with Crippen molar-refractivity contribution in [2.45, 2.75) is 91.5 Å². The van der Waals surface area contributed by atoms with Crippen LogP contribution in [0.5, 0.6) is 0 Å². The molecule has 0 bridgehead atoms. The van der Waals surface area contributed by atoms with Gasteiger partial charge in [-0.1, -0.05) is 26.8 Å². The molecule has 0 amide bonds. The van der Waals surface area contributed by atoms with Crippen LogP contribution in [-0.2, 0) is 14.3 Å². The van der Waals surface area contributed by atoms with Gasteiger partial charge in [0, 0.05) is 16.5 Å². The van der Waals surface area contributed by atoms with E-state index in [-0.39, 0.29) is 51.8 Å². The standard InChI is InChI=1S/C27H42O4/c1-6-18-22-15-17(28)11-13-27(22,4)21-12-14-26(3)19(16(2)7-10-23(29)31-5)8-9-20(26)24(21)25(18)30/h6,16-17,19-22,24,28H,7-15H2,1-5H3/t16?,17-,19-,20+,21+,22+,24+,26-,27-/m1/s1/i1D3,6D. The molecule has 0 aromatic heterocycles. The van der Waals surface area contributed by atoms with Crippen LogP contribution in [0.25, 0.3) is 0 Å². The summed E-state index contributed by atoms with van der Waals surface area (Å²) in [5.74, 6) is 0.0854. The molecule has 174 valence electrons. The van der Waals surface area contributed by atoms with Crippen molar-refractivity contribution >= 4 is 11.8 Å². The van der Waals surface area contributed by atoms with Crippen LogP contribution in [0.2, 0.25) is 0 Å². The van der Waals surface area contributed by atoms with Crippen LogP contribution in [0, 0.1) is 46.3 Å². The van der Waals surface area contributed by atoms with Crippen molar-refractivity contribution in [3.8, 4) is 0 Å². The quantitative estimate of drug-likeness (QED) is 0.480. The first-order chi connectivity index (χ1) is 16.3. The Morgan fingerprint density at radius 3 is 2.68 bits per heavy atom. The summed E-state index contributed by atoms with van der Waals surface area (Å²) in [5.41, 5.74) is -0.142. The Bertz CT molecular complexity index is 898. The maximum absolute atomic E-state index is 14.2. The molecule has 4 rings (SSSR count). The predicted molar refractivity (Wildman–Crippen MR) is 121 cm³/mol. The molecule has 4 heteroatoms. The number of ketones is 1. The van der Waals surface area contributed by atoms with Crippen LogP contribution in [0.3, 0.4) is 0 Å². The van der Waals surface area contributed by atoms with E-state index in [1.807, 2.05) is 0 Å². The molecule has 0 saturated heterocycles. The SMILES string of the molecule is [2H]C(=C1C(=O)[C@@H]2[C@H](CC[C@]3(C)[C@@H](C(C)CCC(=O)OC)CC[C@@H]23)[C@@]2(C)CC[C@@H](O)C[C@@H]12)C([2H])([2H])[2H]. The number of aliphatic hydroxyl groups is 1. The van der Waals surface area contributed by atoms with Crippen LogP contribution in [0.15, 0.2) is 11.6 Å². The Labute approximate surface area is 193 Å². The van der Waals surface area contributed by atoms with Crippen LogP contribution in [0.1, 0.15) is 90.9 Å². The summed E-state index contributed by atoms with van der Waals surface area (Å²) in [5, 5.41) is 10.5. The van der Waals surface area contributed by atoms with Gasteiger partial charge < -0.3 is 9.84 Å². The van der Waals surface area contributed by atoms with Gasteiger partial charge >= 0.3 is 5.97 Å². The van der Waals surface area contributed by atoms with Crippen molar-refractivity contribution in [3.05, 3.63) is 11.6 Å². The molecule has 31 heavy (non-hydrogen) atoms. The zero-order valence-corrected chi connectivity index (χ0v) is 19.6. The highest BCUT2D eigenvalue weighted by Crippen LogP contribution is 2.68. The van der Waals surface area contributed by atoms with E-state index >= 15 is 0 Å². The van der Waals surface area contributed by atoms with Crippen molar-refractivity contribution < 1.29 is 24.9 Å². The molecule has 1 unspecified atom stereocenters. The summed E-state index contributed by atoms with van der Waals surface area (Å²) < 4.78 is 37.2. The Kier molecular flexibility index (Phi) is 4.91. The number of fused-ring (bicyclic) bond motifs is 5. The minimum atomic E-state index is -2.64. The topological polar surface area (TPSA) is 63.6 Å². The van der Waals surface area contributed by atoms with Gasteiger partial charge in [-0.15, -0.1) is 0 Å². The third kappa shape index (κ3) is 3.52. The smallest absolute Gasteiger partial charge is 0.305 e. The largest absolute Gasteiger partial charge is 0.469 e. The summed E-state index contributed by atoms with van der Waals surface area (Å²) in [4.78, 5) is 25.9. The summed E-state index contributed by atoms with van der Waals surface area (Å²) >= 11 is 0. The number of carbonyl (C=O) groups excluding carboxylic acids is 2. The molecule has 0 aliphatic heterocycles. The second-order valence-electron chi connectivity index (χ2n) is 11.4. The number of aliphatic hydroxyl groups excluding tert-OH is 1. The molecule has 4 fully saturated rings. The highest BCUT2D eigenvalue weighted by molar-refractivity contribution is 5.99. The van der Waals surface area contributed by atoms with E-state index in [1.165, 1.54) is 7.11 Å². The predicted octanol–water partition coefficient (Wildman–Crippen LogP) is 5.33. The number of esters is 1. The molecule has 0 aromatic rings. The first-order valence-electron chi connectivity index (χ1n) is 14.3. The minimum absolute atomic E-state index is 0.0446. The second-order valence-corrected chi connectivity index (χ2v) is 11.4. The van der Waals surface area contributed by atoms with E-state index in [9.17, 15) is 14.7 Å². The maximum atomic E-state index is 14.2. The molecule has 0 heterocycles. The zero-order valence-electron chi connectivity index (χ0n) is 23.6. The van der Waals surface area contributed by atoms with E-state index in [0.29, 0.717) is 31.1 Å². The molecule has 9 atom stereocenters. The fourth-order valence-corrected chi connectivity index (χ4v) is 8.57. The average Bonchev–Trinajstić information content (AvgIpc) is 3.14. The first kappa shape index (κ1) is 18.3. The third-order valence-corrected chi connectivity index (χ3v) is 10.3. The molecule has 4 aliphatic rings. The molecule has 4 saturated carbocycles. The lowest BCUT2D eigenvalue weighted by Crippen LogP contribution is -2.58. The van der Waals surface area contributed by atoms with Crippen LogP contribution in [0.4, 0.5) is 0 Å². The maximum Gasteiger partial charge on any atom is 0.305 e. The van der Waals surface area contributed by atoms with Crippen molar-refractivity contribution in [2.24, 2.45) is 46.3 Å². The summed E-state index contributed by atoms with van der Waals surface area (Å²) in [6, 6.07) is -0.514. The lowest BCUT2D eigenvalue weighted by molar-refractivity contribution is -0.150. The van der Waals surface area contributed by atoms with Gasteiger partial charge in [-0.25, -0.2) is 0 Å². The number of methoxy groups -OCH3 is 1. The van der Waals surface area contributed by atoms with Crippen LogP contribution < -0.4 is 0 Å². The van der Waals surface area contributed by atoms with Crippen LogP contribution >= 0.6 is 0 Å². The number of rotatable bonds is 4. The van der Waals surface area contributed by atoms with Crippen molar-refractivity contribution in [1.82, 2.24) is 0 Å². The molecular weight excluding hydrogens is 388 g/mol. The number of hydrogen-bond acceptors (Lipinski definition) is 4. The second kappa shape index (κ2) is 8.32. The Hall–Kier alpha value is -1.16. The van der Waals surface area contributed by atoms with E-state index in [4.69, 9.17) is 10.2 Å². The molecule has 4 aliphatic carbocycles. The van der Waals surface area contributed by atoms with Gasteiger partial charge in [0.15, 0.2) is 5.78 Å². The van der Waals surface area contributed by atoms with E-state index in [0.717, 1.165) is 38.5 Å². The molecule has 0 radical (unpaired) electrons. The number of carbonyl (C=O) groups is 2. The number of ether oxygens (including phenoxy) is 1. The normalized spacial score (nSPS) is 49.4. The van der Waals surface area contributed by atoms with E-state index in [1.54, 1.807) is 0 Å². The fraction of sp³-hybridized carbons (Fsp3) is 0.852. The Morgan fingerprint density at radius 2 is 1.97 bits per heavy atom. The highest BCUT2D eigenvalue weighted by Gasteiger charge is 2.64. The number of allylic oxidation sites excluding steroid dienone is 2. The molecule has 0 aromatic carbocycles. The summed E-state index contributed by atoms with van der Waals surface area (Å²) in [6.45, 7) is 4.06. The first-order valence-corrected chi connectivity index (χ1v) is 12.3. The molecular formula is C27H42O4. The lowest BCUT2D eigenvalue weighted by Gasteiger charge is -2.61. The lowest BCUT2D eigenvalue weighted by atomic mass is 9.43. The van der Waals surface area contributed by atoms with Gasteiger partial charge in [0.2, 0.25) is 0 Å². The van der Waals surface area contributed by atoms with Gasteiger partial charge in [-0.2, -0.15) is 0 Å². The van der Waals surface area contributed by atoms with Gasteiger partial charge in [0.25, 0.3) is 0 Å². The molecule has 0 spiro atoms. The van der Waals surface area contributed by atoms with Gasteiger partial charge in [0.05, 0.1) is 14.6 Å². The fourth-order valence-electron chi connectivity index (χ4n) is 8.57. The summed E-state index contributed by atoms with van der Waals surface area (Å²) in [6.07, 6.45) is 6.26. The van der Waals surface area contributed by atoms with Gasteiger partial charge in [-0.05, 0) is 104 Å². The Balaban J connectivity index is 1.71. The van der Waals surface area contributed by atoms with E-state index in [2.05, 4.69) is 20.8 Å². The number of hydrogen-bond donors (Lipinski definition) is 1. The Morgan fingerprint density at radius 1 is 1.26 bits per heavy atom.